The first-order valence-corrected chi connectivity index (χ1v) is 9.24. The maximum absolute atomic E-state index is 4.46. The third kappa shape index (κ3) is 6.27. The average molecular weight is 464 g/mol. The van der Waals surface area contributed by atoms with Crippen molar-refractivity contribution in [1.82, 2.24) is 15.2 Å². The normalized spacial score (nSPS) is 15.4. The topological polar surface area (TPSA) is 40.5 Å². The SMILES string of the molecule is CN=C(NCCc1ccccn1)N1CCC(Cc2ccccc2)CC1.I. The molecule has 0 bridgehead atoms. The van der Waals surface area contributed by atoms with Gasteiger partial charge in [-0.3, -0.25) is 9.98 Å². The molecule has 0 radical (unpaired) electrons. The van der Waals surface area contributed by atoms with Gasteiger partial charge in [0, 0.05) is 45.0 Å². The van der Waals surface area contributed by atoms with Crippen LogP contribution in [0.4, 0.5) is 0 Å². The van der Waals surface area contributed by atoms with Crippen LogP contribution in [0.3, 0.4) is 0 Å². The molecule has 1 aromatic heterocycles. The Morgan fingerprint density at radius 3 is 2.50 bits per heavy atom. The monoisotopic (exact) mass is 464 g/mol. The van der Waals surface area contributed by atoms with E-state index >= 15 is 0 Å². The van der Waals surface area contributed by atoms with Gasteiger partial charge in [0.1, 0.15) is 0 Å². The number of hydrogen-bond acceptors (Lipinski definition) is 2. The van der Waals surface area contributed by atoms with E-state index in [0.29, 0.717) is 0 Å². The number of pyridine rings is 1. The number of nitrogens with one attached hydrogen (secondary N) is 1. The van der Waals surface area contributed by atoms with Crippen LogP contribution in [0, 0.1) is 5.92 Å². The van der Waals surface area contributed by atoms with Crippen LogP contribution >= 0.6 is 24.0 Å². The quantitative estimate of drug-likeness (QED) is 0.416. The summed E-state index contributed by atoms with van der Waals surface area (Å²) in [5.74, 6) is 1.80. The molecule has 0 spiro atoms. The first-order chi connectivity index (χ1) is 12.3. The Bertz CT molecular complexity index is 652. The van der Waals surface area contributed by atoms with Crippen molar-refractivity contribution >= 4 is 29.9 Å². The van der Waals surface area contributed by atoms with E-state index in [0.717, 1.165) is 43.6 Å². The molecule has 1 N–H and O–H groups in total. The van der Waals surface area contributed by atoms with Gasteiger partial charge in [-0.15, -0.1) is 24.0 Å². The molecule has 26 heavy (non-hydrogen) atoms. The van der Waals surface area contributed by atoms with Gasteiger partial charge >= 0.3 is 0 Å². The van der Waals surface area contributed by atoms with Gasteiger partial charge in [-0.2, -0.15) is 0 Å². The lowest BCUT2D eigenvalue weighted by molar-refractivity contribution is 0.259. The highest BCUT2D eigenvalue weighted by atomic mass is 127. The van der Waals surface area contributed by atoms with Gasteiger partial charge < -0.3 is 10.2 Å². The number of aliphatic imine (C=N–C) groups is 1. The highest BCUT2D eigenvalue weighted by molar-refractivity contribution is 14.0. The zero-order valence-corrected chi connectivity index (χ0v) is 17.8. The van der Waals surface area contributed by atoms with Crippen molar-refractivity contribution in [3.8, 4) is 0 Å². The molecule has 1 aliphatic rings. The number of hydrogen-bond donors (Lipinski definition) is 1. The van der Waals surface area contributed by atoms with Gasteiger partial charge in [-0.1, -0.05) is 36.4 Å². The van der Waals surface area contributed by atoms with Crippen molar-refractivity contribution in [3.63, 3.8) is 0 Å². The first kappa shape index (κ1) is 20.7. The Morgan fingerprint density at radius 2 is 1.85 bits per heavy atom. The molecule has 0 unspecified atom stereocenters. The number of nitrogens with zero attached hydrogens (tertiary/aromatic N) is 3. The predicted octanol–water partition coefficient (Wildman–Crippen LogP) is 3.77. The number of likely N-dealkylation sites (tertiary alicyclic amines) is 1. The molecule has 0 atom stereocenters. The lowest BCUT2D eigenvalue weighted by atomic mass is 9.90. The standard InChI is InChI=1S/C21H28N4.HI/c1-22-21(24-14-10-20-9-5-6-13-23-20)25-15-11-19(12-16-25)17-18-7-3-2-4-8-18;/h2-9,13,19H,10-12,14-17H2,1H3,(H,22,24);1H. The minimum atomic E-state index is 0. The van der Waals surface area contributed by atoms with Crippen LogP contribution < -0.4 is 5.32 Å². The Balaban J connectivity index is 0.00000243. The molecule has 1 saturated heterocycles. The third-order valence-corrected chi connectivity index (χ3v) is 4.88. The molecular formula is C21H29IN4. The smallest absolute Gasteiger partial charge is 0.193 e. The van der Waals surface area contributed by atoms with Crippen molar-refractivity contribution in [3.05, 3.63) is 66.0 Å². The summed E-state index contributed by atoms with van der Waals surface area (Å²) < 4.78 is 0. The zero-order chi connectivity index (χ0) is 17.3. The number of piperidine rings is 1. The summed E-state index contributed by atoms with van der Waals surface area (Å²) in [7, 11) is 1.87. The van der Waals surface area contributed by atoms with E-state index < -0.39 is 0 Å². The lowest BCUT2D eigenvalue weighted by Gasteiger charge is -2.34. The molecule has 2 aromatic rings. The Hall–Kier alpha value is -1.63. The van der Waals surface area contributed by atoms with Crippen LogP contribution in [0.1, 0.15) is 24.1 Å². The van der Waals surface area contributed by atoms with Gasteiger partial charge in [0.2, 0.25) is 0 Å². The zero-order valence-electron chi connectivity index (χ0n) is 15.5. The maximum Gasteiger partial charge on any atom is 0.193 e. The minimum absolute atomic E-state index is 0. The Morgan fingerprint density at radius 1 is 1.12 bits per heavy atom. The van der Waals surface area contributed by atoms with Crippen LogP contribution in [-0.4, -0.2) is 42.5 Å². The molecule has 5 heteroatoms. The molecule has 0 amide bonds. The summed E-state index contributed by atoms with van der Waals surface area (Å²) in [4.78, 5) is 11.2. The molecule has 2 heterocycles. The highest BCUT2D eigenvalue weighted by Gasteiger charge is 2.21. The van der Waals surface area contributed by atoms with E-state index in [1.54, 1.807) is 0 Å². The molecule has 140 valence electrons. The molecule has 4 nitrogen and oxygen atoms in total. The highest BCUT2D eigenvalue weighted by Crippen LogP contribution is 2.21. The number of guanidine groups is 1. The van der Waals surface area contributed by atoms with Crippen molar-refractivity contribution < 1.29 is 0 Å². The van der Waals surface area contributed by atoms with Crippen LogP contribution in [0.25, 0.3) is 0 Å². The van der Waals surface area contributed by atoms with Gasteiger partial charge in [0.15, 0.2) is 5.96 Å². The van der Waals surface area contributed by atoms with Crippen molar-refractivity contribution in [2.24, 2.45) is 10.9 Å². The van der Waals surface area contributed by atoms with E-state index in [9.17, 15) is 0 Å². The molecule has 1 aliphatic heterocycles. The second kappa shape index (κ2) is 11.2. The van der Waals surface area contributed by atoms with Crippen molar-refractivity contribution in [1.29, 1.82) is 0 Å². The fraction of sp³-hybridized carbons (Fsp3) is 0.429. The summed E-state index contributed by atoms with van der Waals surface area (Å²) in [6.07, 6.45) is 6.43. The van der Waals surface area contributed by atoms with E-state index in [1.165, 1.54) is 24.8 Å². The fourth-order valence-corrected chi connectivity index (χ4v) is 3.48. The van der Waals surface area contributed by atoms with Gasteiger partial charge in [-0.05, 0) is 42.9 Å². The van der Waals surface area contributed by atoms with Crippen molar-refractivity contribution in [2.75, 3.05) is 26.7 Å². The number of aromatic nitrogens is 1. The molecule has 0 aliphatic carbocycles. The molecular weight excluding hydrogens is 435 g/mol. The summed E-state index contributed by atoms with van der Waals surface area (Å²) in [6.45, 7) is 3.04. The summed E-state index contributed by atoms with van der Waals surface area (Å²) in [5, 5.41) is 3.49. The number of halogens is 1. The van der Waals surface area contributed by atoms with Crippen LogP contribution in [0.15, 0.2) is 59.7 Å². The van der Waals surface area contributed by atoms with E-state index in [2.05, 4.69) is 56.6 Å². The average Bonchev–Trinajstić information content (AvgIpc) is 2.68. The predicted molar refractivity (Wildman–Crippen MR) is 119 cm³/mol. The lowest BCUT2D eigenvalue weighted by Crippen LogP contribution is -2.46. The van der Waals surface area contributed by atoms with Crippen LogP contribution in [0.5, 0.6) is 0 Å². The fourth-order valence-electron chi connectivity index (χ4n) is 3.48. The van der Waals surface area contributed by atoms with Crippen molar-refractivity contribution in [2.45, 2.75) is 25.7 Å². The largest absolute Gasteiger partial charge is 0.356 e. The second-order valence-electron chi connectivity index (χ2n) is 6.67. The summed E-state index contributed by atoms with van der Waals surface area (Å²) >= 11 is 0. The van der Waals surface area contributed by atoms with Crippen LogP contribution in [0.2, 0.25) is 0 Å². The first-order valence-electron chi connectivity index (χ1n) is 9.24. The third-order valence-electron chi connectivity index (χ3n) is 4.88. The Kier molecular flexibility index (Phi) is 8.88. The van der Waals surface area contributed by atoms with E-state index in [-0.39, 0.29) is 24.0 Å². The number of rotatable bonds is 5. The van der Waals surface area contributed by atoms with Gasteiger partial charge in [0.05, 0.1) is 0 Å². The molecule has 0 saturated carbocycles. The molecule has 3 rings (SSSR count). The minimum Gasteiger partial charge on any atom is -0.356 e. The van der Waals surface area contributed by atoms with E-state index in [4.69, 9.17) is 0 Å². The summed E-state index contributed by atoms with van der Waals surface area (Å²) in [6, 6.07) is 16.9. The second-order valence-corrected chi connectivity index (χ2v) is 6.67. The van der Waals surface area contributed by atoms with Gasteiger partial charge in [-0.25, -0.2) is 0 Å². The van der Waals surface area contributed by atoms with Gasteiger partial charge in [0.25, 0.3) is 0 Å². The maximum atomic E-state index is 4.46. The molecule has 1 aromatic carbocycles. The summed E-state index contributed by atoms with van der Waals surface area (Å²) in [5.41, 5.74) is 2.57. The Labute approximate surface area is 174 Å². The number of benzene rings is 1. The molecule has 1 fully saturated rings. The van der Waals surface area contributed by atoms with Crippen LogP contribution in [-0.2, 0) is 12.8 Å². The van der Waals surface area contributed by atoms with E-state index in [1.807, 2.05) is 25.4 Å².